The van der Waals surface area contributed by atoms with Crippen molar-refractivity contribution in [3.63, 3.8) is 0 Å². The molecule has 0 aromatic carbocycles. The Morgan fingerprint density at radius 2 is 2.14 bits per heavy atom. The molecular weight excluding hydrogens is 200 g/mol. The van der Waals surface area contributed by atoms with Gasteiger partial charge in [-0.3, -0.25) is 0 Å². The maximum absolute atomic E-state index is 11.8. The largest absolute Gasteiger partial charge is 0.279 e. The lowest BCUT2D eigenvalue weighted by atomic mass is 10.2. The van der Waals surface area contributed by atoms with Crippen LogP contribution in [0.25, 0.3) is 0 Å². The monoisotopic (exact) mass is 220 g/mol. The third kappa shape index (κ3) is 2.68. The smallest absolute Gasteiger partial charge is 0.202 e. The first kappa shape index (κ1) is 11.9. The zero-order valence-electron chi connectivity index (χ0n) is 8.99. The number of nitrogens with zero attached hydrogens (tertiary/aromatic N) is 1. The fourth-order valence-electron chi connectivity index (χ4n) is 1.85. The van der Waals surface area contributed by atoms with Gasteiger partial charge in [0.2, 0.25) is 0 Å². The molecule has 4 nitrogen and oxygen atoms in total. The van der Waals surface area contributed by atoms with E-state index in [1.54, 1.807) is 4.31 Å². The summed E-state index contributed by atoms with van der Waals surface area (Å²) in [5.41, 5.74) is 0. The Morgan fingerprint density at radius 1 is 1.43 bits per heavy atom. The van der Waals surface area contributed by atoms with Crippen LogP contribution in [0.1, 0.15) is 39.5 Å². The first-order chi connectivity index (χ1) is 6.61. The molecule has 1 heterocycles. The molecule has 14 heavy (non-hydrogen) atoms. The molecule has 0 aromatic heterocycles. The van der Waals surface area contributed by atoms with Gasteiger partial charge in [-0.1, -0.05) is 13.8 Å². The van der Waals surface area contributed by atoms with Gasteiger partial charge in [0.05, 0.1) is 0 Å². The van der Waals surface area contributed by atoms with Crippen LogP contribution in [0.3, 0.4) is 0 Å². The summed E-state index contributed by atoms with van der Waals surface area (Å²) >= 11 is 0. The Morgan fingerprint density at radius 3 is 2.71 bits per heavy atom. The molecule has 5 heteroatoms. The van der Waals surface area contributed by atoms with E-state index in [9.17, 15) is 8.42 Å². The molecule has 1 rings (SSSR count). The molecule has 0 saturated carbocycles. The summed E-state index contributed by atoms with van der Waals surface area (Å²) in [6.07, 6.45) is 3.74. The zero-order chi connectivity index (χ0) is 10.6. The Hall–Kier alpha value is -0.130. The molecule has 0 amide bonds. The summed E-state index contributed by atoms with van der Waals surface area (Å²) in [5.74, 6) is 0. The molecule has 0 aliphatic carbocycles. The maximum atomic E-state index is 11.8. The van der Waals surface area contributed by atoms with E-state index in [1.807, 2.05) is 13.8 Å². The van der Waals surface area contributed by atoms with Crippen LogP contribution in [0.5, 0.6) is 0 Å². The molecule has 0 radical (unpaired) electrons. The second kappa shape index (κ2) is 5.09. The highest BCUT2D eigenvalue weighted by molar-refractivity contribution is 7.87. The van der Waals surface area contributed by atoms with Crippen LogP contribution in [-0.2, 0) is 10.2 Å². The van der Waals surface area contributed by atoms with Crippen LogP contribution in [-0.4, -0.2) is 31.9 Å². The highest BCUT2D eigenvalue weighted by atomic mass is 32.2. The van der Waals surface area contributed by atoms with Crippen molar-refractivity contribution in [2.24, 2.45) is 0 Å². The van der Waals surface area contributed by atoms with Crippen LogP contribution in [0.15, 0.2) is 0 Å². The van der Waals surface area contributed by atoms with Crippen LogP contribution in [0.2, 0.25) is 0 Å². The Labute approximate surface area is 86.9 Å². The molecule has 1 fully saturated rings. The molecule has 0 aromatic rings. The van der Waals surface area contributed by atoms with Crippen LogP contribution in [0, 0.1) is 0 Å². The molecule has 1 aliphatic rings. The molecule has 1 aliphatic heterocycles. The van der Waals surface area contributed by atoms with Crippen molar-refractivity contribution in [3.05, 3.63) is 0 Å². The van der Waals surface area contributed by atoms with E-state index < -0.39 is 10.2 Å². The fourth-order valence-corrected chi connectivity index (χ4v) is 3.49. The third-order valence-corrected chi connectivity index (χ3v) is 4.30. The van der Waals surface area contributed by atoms with E-state index in [-0.39, 0.29) is 6.04 Å². The van der Waals surface area contributed by atoms with Gasteiger partial charge in [-0.15, -0.1) is 0 Å². The molecule has 0 spiro atoms. The molecule has 1 saturated heterocycles. The predicted octanol–water partition coefficient (Wildman–Crippen LogP) is 1.11. The van der Waals surface area contributed by atoms with Gasteiger partial charge in [0.1, 0.15) is 0 Å². The molecule has 0 bridgehead atoms. The lowest BCUT2D eigenvalue weighted by Crippen LogP contribution is -2.43. The van der Waals surface area contributed by atoms with Crippen molar-refractivity contribution in [3.8, 4) is 0 Å². The highest BCUT2D eigenvalue weighted by Crippen LogP contribution is 2.22. The van der Waals surface area contributed by atoms with Gasteiger partial charge in [-0.05, 0) is 25.7 Å². The second-order valence-corrected chi connectivity index (χ2v) is 5.42. The summed E-state index contributed by atoms with van der Waals surface area (Å²) in [6.45, 7) is 5.22. The lowest BCUT2D eigenvalue weighted by Gasteiger charge is -2.22. The quantitative estimate of drug-likeness (QED) is 0.754. The van der Waals surface area contributed by atoms with E-state index in [2.05, 4.69) is 4.72 Å². The lowest BCUT2D eigenvalue weighted by molar-refractivity contribution is 0.373. The van der Waals surface area contributed by atoms with Gasteiger partial charge in [0.25, 0.3) is 10.2 Å². The van der Waals surface area contributed by atoms with E-state index in [0.29, 0.717) is 13.1 Å². The molecule has 1 N–H and O–H groups in total. The number of hydrogen-bond acceptors (Lipinski definition) is 2. The summed E-state index contributed by atoms with van der Waals surface area (Å²) in [7, 11) is -3.20. The van der Waals surface area contributed by atoms with Gasteiger partial charge in [-0.25, -0.2) is 4.72 Å². The predicted molar refractivity (Wildman–Crippen MR) is 57.2 cm³/mol. The molecule has 1 unspecified atom stereocenters. The van der Waals surface area contributed by atoms with Crippen molar-refractivity contribution in [2.45, 2.75) is 45.6 Å². The number of hydrogen-bond donors (Lipinski definition) is 1. The zero-order valence-corrected chi connectivity index (χ0v) is 9.81. The summed E-state index contributed by atoms with van der Waals surface area (Å²) in [4.78, 5) is 0. The van der Waals surface area contributed by atoms with Crippen molar-refractivity contribution in [1.82, 2.24) is 9.03 Å². The van der Waals surface area contributed by atoms with Gasteiger partial charge in [0.15, 0.2) is 0 Å². The SMILES string of the molecule is CCCNS(=O)(=O)N1CCCC1CC. The van der Waals surface area contributed by atoms with Crippen molar-refractivity contribution >= 4 is 10.2 Å². The van der Waals surface area contributed by atoms with Gasteiger partial charge >= 0.3 is 0 Å². The van der Waals surface area contributed by atoms with Crippen LogP contribution >= 0.6 is 0 Å². The van der Waals surface area contributed by atoms with Crippen LogP contribution < -0.4 is 4.72 Å². The van der Waals surface area contributed by atoms with Crippen molar-refractivity contribution < 1.29 is 8.42 Å². The minimum Gasteiger partial charge on any atom is -0.202 e. The number of rotatable bonds is 5. The Kier molecular flexibility index (Phi) is 4.34. The van der Waals surface area contributed by atoms with Crippen molar-refractivity contribution in [1.29, 1.82) is 0 Å². The van der Waals surface area contributed by atoms with E-state index >= 15 is 0 Å². The summed E-state index contributed by atoms with van der Waals surface area (Å²) in [5, 5.41) is 0. The van der Waals surface area contributed by atoms with Crippen LogP contribution in [0.4, 0.5) is 0 Å². The summed E-state index contributed by atoms with van der Waals surface area (Å²) in [6, 6.07) is 0.212. The standard InChI is InChI=1S/C9H20N2O2S/c1-3-7-10-14(12,13)11-8-5-6-9(11)4-2/h9-10H,3-8H2,1-2H3. The average molecular weight is 220 g/mol. The maximum Gasteiger partial charge on any atom is 0.279 e. The molecule has 84 valence electrons. The highest BCUT2D eigenvalue weighted by Gasteiger charge is 2.32. The Bertz CT molecular complexity index is 264. The number of nitrogens with one attached hydrogen (secondary N) is 1. The van der Waals surface area contributed by atoms with Gasteiger partial charge in [-0.2, -0.15) is 12.7 Å². The third-order valence-electron chi connectivity index (χ3n) is 2.64. The second-order valence-electron chi connectivity index (χ2n) is 3.71. The fraction of sp³-hybridized carbons (Fsp3) is 1.00. The Balaban J connectivity index is 2.61. The van der Waals surface area contributed by atoms with E-state index in [1.165, 1.54) is 0 Å². The van der Waals surface area contributed by atoms with E-state index in [4.69, 9.17) is 0 Å². The topological polar surface area (TPSA) is 49.4 Å². The molecular formula is C9H20N2O2S. The minimum atomic E-state index is -3.20. The van der Waals surface area contributed by atoms with Gasteiger partial charge in [0, 0.05) is 19.1 Å². The molecule has 1 atom stereocenters. The van der Waals surface area contributed by atoms with Gasteiger partial charge < -0.3 is 0 Å². The van der Waals surface area contributed by atoms with E-state index in [0.717, 1.165) is 25.7 Å². The first-order valence-corrected chi connectivity index (χ1v) is 6.82. The van der Waals surface area contributed by atoms with Crippen molar-refractivity contribution in [2.75, 3.05) is 13.1 Å². The summed E-state index contributed by atoms with van der Waals surface area (Å²) < 4.78 is 27.8. The minimum absolute atomic E-state index is 0.212. The first-order valence-electron chi connectivity index (χ1n) is 5.38. The normalized spacial score (nSPS) is 24.3. The average Bonchev–Trinajstić information content (AvgIpc) is 2.63.